The minimum Gasteiger partial charge on any atom is -0.478 e. The van der Waals surface area contributed by atoms with Crippen molar-refractivity contribution in [2.45, 2.75) is 4.90 Å². The molecule has 0 aromatic heterocycles. The Balaban J connectivity index is 1.68. The molecule has 1 saturated heterocycles. The highest BCUT2D eigenvalue weighted by molar-refractivity contribution is 7.89. The van der Waals surface area contributed by atoms with Crippen molar-refractivity contribution in [3.63, 3.8) is 0 Å². The third kappa shape index (κ3) is 4.38. The van der Waals surface area contributed by atoms with Crippen LogP contribution in [0.15, 0.2) is 53.4 Å². The lowest BCUT2D eigenvalue weighted by Gasteiger charge is -2.26. The van der Waals surface area contributed by atoms with E-state index in [-0.39, 0.29) is 22.8 Å². The van der Waals surface area contributed by atoms with Gasteiger partial charge in [0.1, 0.15) is 0 Å². The molecule has 8 nitrogen and oxygen atoms in total. The molecule has 1 aliphatic rings. The van der Waals surface area contributed by atoms with Crippen molar-refractivity contribution in [2.75, 3.05) is 38.2 Å². The van der Waals surface area contributed by atoms with Crippen LogP contribution < -0.4 is 5.32 Å². The van der Waals surface area contributed by atoms with Crippen molar-refractivity contribution >= 4 is 27.5 Å². The Morgan fingerprint density at radius 1 is 1.04 bits per heavy atom. The average Bonchev–Trinajstić information content (AvgIpc) is 2.73. The quantitative estimate of drug-likeness (QED) is 0.675. The molecule has 2 aromatic rings. The highest BCUT2D eigenvalue weighted by Crippen LogP contribution is 2.19. The monoisotopic (exact) mass is 404 g/mol. The lowest BCUT2D eigenvalue weighted by Crippen LogP contribution is -2.40. The van der Waals surface area contributed by atoms with E-state index in [9.17, 15) is 18.0 Å². The van der Waals surface area contributed by atoms with Gasteiger partial charge in [-0.05, 0) is 36.4 Å². The Morgan fingerprint density at radius 3 is 2.32 bits per heavy atom. The van der Waals surface area contributed by atoms with Crippen LogP contribution in [0.3, 0.4) is 0 Å². The number of hydrogen-bond donors (Lipinski definition) is 2. The second-order valence-electron chi connectivity index (χ2n) is 6.17. The Hall–Kier alpha value is -2.75. The van der Waals surface area contributed by atoms with E-state index in [2.05, 4.69) is 5.32 Å². The van der Waals surface area contributed by atoms with Gasteiger partial charge in [0.05, 0.1) is 30.2 Å². The highest BCUT2D eigenvalue weighted by atomic mass is 32.2. The number of carbonyl (C=O) groups excluding carboxylic acids is 1. The lowest BCUT2D eigenvalue weighted by molar-refractivity contribution is 0.0697. The molecule has 2 aromatic carbocycles. The molecule has 0 unspecified atom stereocenters. The third-order valence-electron chi connectivity index (χ3n) is 4.38. The van der Waals surface area contributed by atoms with E-state index in [4.69, 9.17) is 9.84 Å². The summed E-state index contributed by atoms with van der Waals surface area (Å²) in [5.41, 5.74) is 0.748. The Kier molecular flexibility index (Phi) is 6.08. The van der Waals surface area contributed by atoms with Gasteiger partial charge in [-0.3, -0.25) is 4.79 Å². The molecule has 2 N–H and O–H groups in total. The molecule has 0 atom stereocenters. The fraction of sp³-hybridized carbons (Fsp3) is 0.263. The number of carboxylic acids is 1. The number of hydrogen-bond acceptors (Lipinski definition) is 6. The molecule has 9 heteroatoms. The summed E-state index contributed by atoms with van der Waals surface area (Å²) in [6.45, 7) is 1.21. The number of ketones is 1. The number of nitrogens with zero attached hydrogens (tertiary/aromatic N) is 1. The van der Waals surface area contributed by atoms with Crippen molar-refractivity contribution in [3.8, 4) is 0 Å². The minimum atomic E-state index is -3.61. The molecule has 3 rings (SSSR count). The molecule has 0 saturated carbocycles. The SMILES string of the molecule is O=C(CNc1ccccc1C(=O)O)c1ccc(S(=O)(=O)N2CCOCC2)cc1. The molecule has 0 bridgehead atoms. The number of sulfonamides is 1. The second-order valence-corrected chi connectivity index (χ2v) is 8.11. The van der Waals surface area contributed by atoms with Gasteiger partial charge in [-0.1, -0.05) is 12.1 Å². The summed E-state index contributed by atoms with van der Waals surface area (Å²) in [5.74, 6) is -1.37. The van der Waals surface area contributed by atoms with Gasteiger partial charge in [0.15, 0.2) is 5.78 Å². The van der Waals surface area contributed by atoms with E-state index in [0.29, 0.717) is 37.6 Å². The average molecular weight is 404 g/mol. The number of aromatic carboxylic acids is 1. The van der Waals surface area contributed by atoms with E-state index in [1.807, 2.05) is 0 Å². The number of ether oxygens (including phenoxy) is 1. The minimum absolute atomic E-state index is 0.0715. The zero-order chi connectivity index (χ0) is 20.1. The molecular formula is C19H20N2O6S. The van der Waals surface area contributed by atoms with Crippen LogP contribution in [0.25, 0.3) is 0 Å². The Morgan fingerprint density at radius 2 is 1.68 bits per heavy atom. The van der Waals surface area contributed by atoms with Crippen molar-refractivity contribution in [1.29, 1.82) is 0 Å². The molecule has 28 heavy (non-hydrogen) atoms. The number of benzene rings is 2. The number of para-hydroxylation sites is 1. The van der Waals surface area contributed by atoms with Crippen LogP contribution in [0.1, 0.15) is 20.7 Å². The van der Waals surface area contributed by atoms with Crippen molar-refractivity contribution in [3.05, 3.63) is 59.7 Å². The predicted octanol–water partition coefficient (Wildman–Crippen LogP) is 1.70. The Labute approximate surface area is 162 Å². The summed E-state index contributed by atoms with van der Waals surface area (Å²) in [6, 6.07) is 12.0. The Bertz CT molecular complexity index is 966. The van der Waals surface area contributed by atoms with Crippen LogP contribution in [0.5, 0.6) is 0 Å². The number of carboxylic acid groups (broad SMARTS) is 1. The third-order valence-corrected chi connectivity index (χ3v) is 6.29. The van der Waals surface area contributed by atoms with Crippen molar-refractivity contribution < 1.29 is 27.9 Å². The number of rotatable bonds is 7. The van der Waals surface area contributed by atoms with Gasteiger partial charge in [-0.2, -0.15) is 4.31 Å². The maximum Gasteiger partial charge on any atom is 0.337 e. The second kappa shape index (κ2) is 8.51. The van der Waals surface area contributed by atoms with E-state index >= 15 is 0 Å². The number of carbonyl (C=O) groups is 2. The van der Waals surface area contributed by atoms with Gasteiger partial charge in [0.25, 0.3) is 0 Å². The van der Waals surface area contributed by atoms with Gasteiger partial charge in [-0.25, -0.2) is 13.2 Å². The predicted molar refractivity (Wildman–Crippen MR) is 102 cm³/mol. The molecule has 148 valence electrons. The van der Waals surface area contributed by atoms with Crippen LogP contribution in [0, 0.1) is 0 Å². The summed E-state index contributed by atoms with van der Waals surface area (Å²) in [7, 11) is -3.61. The fourth-order valence-electron chi connectivity index (χ4n) is 2.85. The smallest absolute Gasteiger partial charge is 0.337 e. The largest absolute Gasteiger partial charge is 0.478 e. The number of anilines is 1. The van der Waals surface area contributed by atoms with Gasteiger partial charge in [0.2, 0.25) is 10.0 Å². The van der Waals surface area contributed by atoms with Crippen LogP contribution in [-0.2, 0) is 14.8 Å². The zero-order valence-corrected chi connectivity index (χ0v) is 15.8. The summed E-state index contributed by atoms with van der Waals surface area (Å²) in [6.07, 6.45) is 0. The standard InChI is InChI=1S/C19H20N2O6S/c22-18(13-20-17-4-2-1-3-16(17)19(23)24)14-5-7-15(8-6-14)28(25,26)21-9-11-27-12-10-21/h1-8,20H,9-13H2,(H,23,24). The van der Waals surface area contributed by atoms with Crippen molar-refractivity contribution in [2.24, 2.45) is 0 Å². The first-order valence-corrected chi connectivity index (χ1v) is 10.1. The van der Waals surface area contributed by atoms with Gasteiger partial charge in [0, 0.05) is 24.3 Å². The molecule has 0 amide bonds. The van der Waals surface area contributed by atoms with Gasteiger partial charge in [-0.15, -0.1) is 0 Å². The van der Waals surface area contributed by atoms with E-state index in [0.717, 1.165) is 0 Å². The lowest BCUT2D eigenvalue weighted by atomic mass is 10.1. The number of morpholine rings is 1. The van der Waals surface area contributed by atoms with Gasteiger partial charge < -0.3 is 15.2 Å². The first-order chi connectivity index (χ1) is 13.4. The highest BCUT2D eigenvalue weighted by Gasteiger charge is 2.26. The maximum absolute atomic E-state index is 12.6. The molecule has 0 radical (unpaired) electrons. The number of nitrogens with one attached hydrogen (secondary N) is 1. The fourth-order valence-corrected chi connectivity index (χ4v) is 4.26. The molecule has 1 aliphatic heterocycles. The van der Waals surface area contributed by atoms with Crippen molar-refractivity contribution in [1.82, 2.24) is 4.31 Å². The summed E-state index contributed by atoms with van der Waals surface area (Å²) in [4.78, 5) is 23.7. The zero-order valence-electron chi connectivity index (χ0n) is 15.0. The van der Waals surface area contributed by atoms with E-state index in [1.54, 1.807) is 18.2 Å². The van der Waals surface area contributed by atoms with Crippen LogP contribution in [0.2, 0.25) is 0 Å². The number of Topliss-reactive ketones (excluding diaryl/α,β-unsaturated/α-hetero) is 1. The van der Waals surface area contributed by atoms with Gasteiger partial charge >= 0.3 is 5.97 Å². The van der Waals surface area contributed by atoms with Crippen LogP contribution in [-0.4, -0.2) is 62.4 Å². The summed E-state index contributed by atoms with van der Waals surface area (Å²) >= 11 is 0. The van der Waals surface area contributed by atoms with Crippen LogP contribution in [0.4, 0.5) is 5.69 Å². The molecule has 0 spiro atoms. The summed E-state index contributed by atoms with van der Waals surface area (Å²) in [5, 5.41) is 12.0. The topological polar surface area (TPSA) is 113 Å². The van der Waals surface area contributed by atoms with Crippen LogP contribution >= 0.6 is 0 Å². The normalized spacial score (nSPS) is 15.1. The van der Waals surface area contributed by atoms with E-state index < -0.39 is 16.0 Å². The molecule has 0 aliphatic carbocycles. The molecule has 1 heterocycles. The maximum atomic E-state index is 12.6. The van der Waals surface area contributed by atoms with E-state index in [1.165, 1.54) is 34.6 Å². The summed E-state index contributed by atoms with van der Waals surface area (Å²) < 4.78 is 31.7. The first kappa shape index (κ1) is 20.0. The molecule has 1 fully saturated rings. The first-order valence-electron chi connectivity index (χ1n) is 8.67. The molecular weight excluding hydrogens is 384 g/mol.